The molecule has 0 spiro atoms. The maximum absolute atomic E-state index is 13.0. The largest absolute Gasteiger partial charge is 0.489 e. The van der Waals surface area contributed by atoms with Gasteiger partial charge in [0.15, 0.2) is 0 Å². The van der Waals surface area contributed by atoms with Crippen molar-refractivity contribution in [2.45, 2.75) is 82.2 Å². The fraction of sp³-hybridized carbons (Fsp3) is 0.455. The van der Waals surface area contributed by atoms with Crippen LogP contribution < -0.4 is 10.1 Å². The molecular formula is C33H36N4O5. The van der Waals surface area contributed by atoms with E-state index in [0.29, 0.717) is 24.4 Å². The molecule has 2 saturated heterocycles. The van der Waals surface area contributed by atoms with Crippen LogP contribution in [0.15, 0.2) is 48.5 Å². The molecule has 2 N–H and O–H groups in total. The Kier molecular flexibility index (Phi) is 7.15. The second-order valence-electron chi connectivity index (χ2n) is 12.3. The third-order valence-electron chi connectivity index (χ3n) is 9.27. The lowest BCUT2D eigenvalue weighted by atomic mass is 9.85. The smallest absolute Gasteiger partial charge is 0.255 e. The van der Waals surface area contributed by atoms with Crippen LogP contribution in [0.1, 0.15) is 78.0 Å². The van der Waals surface area contributed by atoms with E-state index in [1.54, 1.807) is 11.0 Å². The van der Waals surface area contributed by atoms with Crippen molar-refractivity contribution in [3.63, 3.8) is 0 Å². The van der Waals surface area contributed by atoms with Crippen molar-refractivity contribution in [2.75, 3.05) is 13.1 Å². The third kappa shape index (κ3) is 5.39. The highest BCUT2D eigenvalue weighted by Crippen LogP contribution is 2.34. The zero-order valence-electron chi connectivity index (χ0n) is 23.6. The van der Waals surface area contributed by atoms with Gasteiger partial charge in [0, 0.05) is 55.2 Å². The molecule has 3 aliphatic heterocycles. The molecular weight excluding hydrogens is 532 g/mol. The predicted octanol–water partition coefficient (Wildman–Crippen LogP) is 3.67. The molecule has 4 heterocycles. The van der Waals surface area contributed by atoms with E-state index in [-0.39, 0.29) is 30.4 Å². The molecule has 7 rings (SSSR count). The summed E-state index contributed by atoms with van der Waals surface area (Å²) in [6.07, 6.45) is 5.22. The summed E-state index contributed by atoms with van der Waals surface area (Å²) < 4.78 is 6.34. The van der Waals surface area contributed by atoms with E-state index in [0.717, 1.165) is 79.6 Å². The number of pyridine rings is 1. The Balaban J connectivity index is 0.957. The number of rotatable bonds is 6. The molecule has 4 aliphatic rings. The van der Waals surface area contributed by atoms with E-state index in [1.807, 2.05) is 12.1 Å². The number of amides is 3. The molecule has 0 bridgehead atoms. The molecule has 3 aromatic rings. The zero-order chi connectivity index (χ0) is 28.8. The molecule has 1 saturated carbocycles. The number of hydrogen-bond donors (Lipinski definition) is 2. The van der Waals surface area contributed by atoms with E-state index in [9.17, 15) is 19.5 Å². The zero-order valence-corrected chi connectivity index (χ0v) is 23.6. The van der Waals surface area contributed by atoms with E-state index in [2.05, 4.69) is 40.5 Å². The van der Waals surface area contributed by atoms with Crippen LogP contribution in [0.25, 0.3) is 10.9 Å². The quantitative estimate of drug-likeness (QED) is 0.437. The second kappa shape index (κ2) is 11.1. The molecule has 218 valence electrons. The van der Waals surface area contributed by atoms with Gasteiger partial charge in [-0.1, -0.05) is 18.6 Å². The van der Waals surface area contributed by atoms with Crippen LogP contribution in [0.2, 0.25) is 0 Å². The number of aromatic nitrogens is 1. The Bertz CT molecular complexity index is 1560. The SMILES string of the molecule is O=C1CCC(N2Cc3cc(O[C@H]4CCN(Cc5ccc6nc([C@@H]7CCC[C@@H](O)C7)ccc6c5)C4)ccc3C2=O)C(=O)N1. The number of carbonyl (C=O) groups excluding carboxylic acids is 3. The summed E-state index contributed by atoms with van der Waals surface area (Å²) in [5, 5.41) is 13.6. The van der Waals surface area contributed by atoms with Crippen LogP contribution in [-0.2, 0) is 22.7 Å². The number of likely N-dealkylation sites (tertiary alicyclic amines) is 1. The monoisotopic (exact) mass is 568 g/mol. The highest BCUT2D eigenvalue weighted by atomic mass is 16.5. The minimum absolute atomic E-state index is 0.0573. The Morgan fingerprint density at radius 2 is 1.90 bits per heavy atom. The van der Waals surface area contributed by atoms with Gasteiger partial charge >= 0.3 is 0 Å². The van der Waals surface area contributed by atoms with Crippen LogP contribution in [-0.4, -0.2) is 69.0 Å². The lowest BCUT2D eigenvalue weighted by Crippen LogP contribution is -2.52. The molecule has 1 aromatic heterocycles. The maximum Gasteiger partial charge on any atom is 0.255 e. The molecule has 4 atom stereocenters. The van der Waals surface area contributed by atoms with E-state index >= 15 is 0 Å². The summed E-state index contributed by atoms with van der Waals surface area (Å²) in [6, 6.07) is 15.7. The minimum Gasteiger partial charge on any atom is -0.489 e. The van der Waals surface area contributed by atoms with Crippen molar-refractivity contribution in [3.8, 4) is 5.75 Å². The first-order chi connectivity index (χ1) is 20.4. The van der Waals surface area contributed by atoms with Gasteiger partial charge in [-0.15, -0.1) is 0 Å². The average Bonchev–Trinajstić information content (AvgIpc) is 3.55. The number of aliphatic hydroxyl groups is 1. The molecule has 1 aliphatic carbocycles. The van der Waals surface area contributed by atoms with Gasteiger partial charge in [-0.25, -0.2) is 0 Å². The molecule has 9 nitrogen and oxygen atoms in total. The van der Waals surface area contributed by atoms with Crippen molar-refractivity contribution < 1.29 is 24.2 Å². The number of aliphatic hydroxyl groups excluding tert-OH is 1. The van der Waals surface area contributed by atoms with Crippen LogP contribution in [0.4, 0.5) is 0 Å². The molecule has 3 amide bonds. The molecule has 2 aromatic carbocycles. The Morgan fingerprint density at radius 3 is 2.76 bits per heavy atom. The Labute approximate surface area is 244 Å². The standard InChI is InChI=1S/C33H36N4O5/c38-24-3-1-2-21(15-24)29-9-5-22-14-20(4-8-28(22)34-29)17-36-13-12-26(19-36)42-25-6-7-27-23(16-25)18-37(33(27)41)30-10-11-31(39)35-32(30)40/h4-9,14,16,21,24,26,30,38H,1-3,10-13,15,17-19H2,(H,35,39,40)/t21-,24-,26+,30?/m1/s1. The molecule has 0 radical (unpaired) electrons. The third-order valence-corrected chi connectivity index (χ3v) is 9.27. The molecule has 9 heteroatoms. The number of nitrogens with one attached hydrogen (secondary N) is 1. The summed E-state index contributed by atoms with van der Waals surface area (Å²) in [7, 11) is 0. The molecule has 3 fully saturated rings. The first-order valence-corrected chi connectivity index (χ1v) is 15.1. The first kappa shape index (κ1) is 27.0. The highest BCUT2D eigenvalue weighted by molar-refractivity contribution is 6.05. The van der Waals surface area contributed by atoms with Gasteiger partial charge in [0.25, 0.3) is 5.91 Å². The summed E-state index contributed by atoms with van der Waals surface area (Å²) in [5.74, 6) is 0.214. The maximum atomic E-state index is 13.0. The number of carbonyl (C=O) groups is 3. The van der Waals surface area contributed by atoms with E-state index in [1.165, 1.54) is 5.56 Å². The van der Waals surface area contributed by atoms with Crippen molar-refractivity contribution in [2.24, 2.45) is 0 Å². The van der Waals surface area contributed by atoms with Gasteiger partial charge in [0.1, 0.15) is 17.9 Å². The fourth-order valence-corrected chi connectivity index (χ4v) is 7.06. The van der Waals surface area contributed by atoms with Gasteiger partial charge in [0.05, 0.1) is 11.6 Å². The van der Waals surface area contributed by atoms with Crippen LogP contribution in [0.3, 0.4) is 0 Å². The van der Waals surface area contributed by atoms with Gasteiger partial charge < -0.3 is 14.7 Å². The Hall–Kier alpha value is -3.82. The topological polar surface area (TPSA) is 112 Å². The van der Waals surface area contributed by atoms with E-state index < -0.39 is 11.9 Å². The summed E-state index contributed by atoms with van der Waals surface area (Å²) in [5.41, 5.74) is 4.78. The van der Waals surface area contributed by atoms with Crippen molar-refractivity contribution >= 4 is 28.6 Å². The number of benzene rings is 2. The predicted molar refractivity (Wildman–Crippen MR) is 156 cm³/mol. The van der Waals surface area contributed by atoms with Crippen molar-refractivity contribution in [1.82, 2.24) is 20.1 Å². The van der Waals surface area contributed by atoms with E-state index in [4.69, 9.17) is 9.72 Å². The summed E-state index contributed by atoms with van der Waals surface area (Å²) >= 11 is 0. The summed E-state index contributed by atoms with van der Waals surface area (Å²) in [4.78, 5) is 45.7. The van der Waals surface area contributed by atoms with Gasteiger partial charge in [-0.2, -0.15) is 0 Å². The number of piperidine rings is 1. The Morgan fingerprint density at radius 1 is 1.00 bits per heavy atom. The lowest BCUT2D eigenvalue weighted by molar-refractivity contribution is -0.136. The normalized spacial score (nSPS) is 26.5. The van der Waals surface area contributed by atoms with Crippen molar-refractivity contribution in [1.29, 1.82) is 0 Å². The fourth-order valence-electron chi connectivity index (χ4n) is 7.06. The number of fused-ring (bicyclic) bond motifs is 2. The number of nitrogens with zero attached hydrogens (tertiary/aromatic N) is 3. The lowest BCUT2D eigenvalue weighted by Gasteiger charge is -2.29. The minimum atomic E-state index is -0.616. The molecule has 1 unspecified atom stereocenters. The first-order valence-electron chi connectivity index (χ1n) is 15.1. The molecule has 42 heavy (non-hydrogen) atoms. The second-order valence-corrected chi connectivity index (χ2v) is 12.3. The van der Waals surface area contributed by atoms with Gasteiger partial charge in [-0.05, 0) is 79.6 Å². The number of ether oxygens (including phenoxy) is 1. The van der Waals surface area contributed by atoms with Gasteiger partial charge in [0.2, 0.25) is 11.8 Å². The van der Waals surface area contributed by atoms with Crippen LogP contribution in [0, 0.1) is 0 Å². The van der Waals surface area contributed by atoms with Crippen LogP contribution in [0.5, 0.6) is 5.75 Å². The van der Waals surface area contributed by atoms with Crippen LogP contribution >= 0.6 is 0 Å². The average molecular weight is 569 g/mol. The van der Waals surface area contributed by atoms with Crippen molar-refractivity contribution in [3.05, 3.63) is 70.9 Å². The number of imide groups is 1. The van der Waals surface area contributed by atoms with Gasteiger partial charge in [-0.3, -0.25) is 29.6 Å². The highest BCUT2D eigenvalue weighted by Gasteiger charge is 2.39. The number of hydrogen-bond acceptors (Lipinski definition) is 7. The summed E-state index contributed by atoms with van der Waals surface area (Å²) in [6.45, 7) is 2.94.